The Morgan fingerprint density at radius 1 is 1.59 bits per heavy atom. The number of hydrogen-bond donors (Lipinski definition) is 1. The van der Waals surface area contributed by atoms with E-state index in [2.05, 4.69) is 14.6 Å². The zero-order chi connectivity index (χ0) is 13.1. The smallest absolute Gasteiger partial charge is 0.411 e. The largest absolute Gasteiger partial charge is 0.464 e. The first-order valence-electron chi connectivity index (χ1n) is 4.39. The van der Waals surface area contributed by atoms with Gasteiger partial charge in [0.25, 0.3) is 0 Å². The van der Waals surface area contributed by atoms with Crippen LogP contribution in [0.2, 0.25) is 0 Å². The van der Waals surface area contributed by atoms with E-state index in [0.29, 0.717) is 0 Å². The highest BCUT2D eigenvalue weighted by Gasteiger charge is 2.27. The molecule has 0 radical (unpaired) electrons. The second-order valence-corrected chi connectivity index (χ2v) is 3.06. The van der Waals surface area contributed by atoms with Crippen molar-refractivity contribution in [3.05, 3.63) is 11.9 Å². The lowest BCUT2D eigenvalue weighted by molar-refractivity contribution is -0.182. The van der Waals surface area contributed by atoms with E-state index in [1.807, 2.05) is 0 Å². The molecule has 0 spiro atoms. The minimum Gasteiger partial charge on any atom is -0.464 e. The molecule has 0 bridgehead atoms. The van der Waals surface area contributed by atoms with E-state index in [1.54, 1.807) is 0 Å². The summed E-state index contributed by atoms with van der Waals surface area (Å²) in [4.78, 5) is 11.1. The van der Waals surface area contributed by atoms with Crippen LogP contribution in [0.25, 0.3) is 0 Å². The molecule has 9 heteroatoms. The molecule has 0 amide bonds. The van der Waals surface area contributed by atoms with Crippen molar-refractivity contribution in [3.8, 4) is 0 Å². The summed E-state index contributed by atoms with van der Waals surface area (Å²) in [6.07, 6.45) is -3.23. The van der Waals surface area contributed by atoms with Crippen molar-refractivity contribution in [1.82, 2.24) is 9.78 Å². The molecule has 1 aromatic rings. The first-order valence-corrected chi connectivity index (χ1v) is 4.39. The van der Waals surface area contributed by atoms with Gasteiger partial charge in [-0.25, -0.2) is 9.48 Å². The fraction of sp³-hybridized carbons (Fsp3) is 0.500. The Morgan fingerprint density at radius 2 is 2.24 bits per heavy atom. The van der Waals surface area contributed by atoms with Gasteiger partial charge in [-0.1, -0.05) is 0 Å². The third kappa shape index (κ3) is 3.94. The van der Waals surface area contributed by atoms with Crippen LogP contribution in [0.3, 0.4) is 0 Å². The van der Waals surface area contributed by atoms with Gasteiger partial charge in [0.15, 0.2) is 5.69 Å². The highest BCUT2D eigenvalue weighted by molar-refractivity contribution is 5.92. The van der Waals surface area contributed by atoms with Crippen LogP contribution < -0.4 is 5.73 Å². The molecule has 0 aliphatic heterocycles. The maximum absolute atomic E-state index is 11.8. The van der Waals surface area contributed by atoms with Gasteiger partial charge in [0.05, 0.1) is 19.0 Å². The van der Waals surface area contributed by atoms with Crippen LogP contribution in [0.15, 0.2) is 6.20 Å². The maximum atomic E-state index is 11.8. The van der Waals surface area contributed by atoms with Crippen molar-refractivity contribution in [2.75, 3.05) is 19.5 Å². The van der Waals surface area contributed by atoms with Crippen molar-refractivity contribution in [3.63, 3.8) is 0 Å². The molecule has 0 saturated heterocycles. The number of nitrogens with two attached hydrogens (primary N) is 1. The van der Waals surface area contributed by atoms with Gasteiger partial charge >= 0.3 is 12.1 Å². The molecule has 0 aromatic carbocycles. The third-order valence-electron chi connectivity index (χ3n) is 1.66. The Kier molecular flexibility index (Phi) is 3.94. The Balaban J connectivity index is 2.59. The molecule has 2 N–H and O–H groups in total. The standard InChI is InChI=1S/C8H10F3N3O3/c1-16-7(15)6-5(12)2-14(13-6)4-17-3-8(9,10)11/h2H,3-4,12H2,1H3. The first kappa shape index (κ1) is 13.3. The molecular formula is C8H10F3N3O3. The number of esters is 1. The molecule has 1 heterocycles. The van der Waals surface area contributed by atoms with Crippen LogP contribution in [-0.2, 0) is 16.2 Å². The van der Waals surface area contributed by atoms with E-state index in [4.69, 9.17) is 5.73 Å². The number of nitrogen functional groups attached to an aromatic ring is 1. The van der Waals surface area contributed by atoms with Gasteiger partial charge in [0.1, 0.15) is 13.3 Å². The summed E-state index contributed by atoms with van der Waals surface area (Å²) in [6, 6.07) is 0. The van der Waals surface area contributed by atoms with Crippen molar-refractivity contribution >= 4 is 11.7 Å². The van der Waals surface area contributed by atoms with Gasteiger partial charge in [0, 0.05) is 0 Å². The summed E-state index contributed by atoms with van der Waals surface area (Å²) in [5, 5.41) is 3.62. The maximum Gasteiger partial charge on any atom is 0.411 e. The summed E-state index contributed by atoms with van der Waals surface area (Å²) in [6.45, 7) is -1.86. The molecule has 0 fully saturated rings. The number of rotatable bonds is 4. The normalized spacial score (nSPS) is 11.5. The molecule has 6 nitrogen and oxygen atoms in total. The molecule has 1 aromatic heterocycles. The summed E-state index contributed by atoms with van der Waals surface area (Å²) in [7, 11) is 1.14. The number of ether oxygens (including phenoxy) is 2. The average molecular weight is 253 g/mol. The van der Waals surface area contributed by atoms with Crippen LogP contribution in [0.5, 0.6) is 0 Å². The molecule has 0 aliphatic carbocycles. The Morgan fingerprint density at radius 3 is 2.76 bits per heavy atom. The van der Waals surface area contributed by atoms with Crippen molar-refractivity contribution in [2.45, 2.75) is 12.9 Å². The molecular weight excluding hydrogens is 243 g/mol. The third-order valence-corrected chi connectivity index (χ3v) is 1.66. The van der Waals surface area contributed by atoms with E-state index in [0.717, 1.165) is 11.8 Å². The number of carbonyl (C=O) groups excluding carboxylic acids is 1. The lowest BCUT2D eigenvalue weighted by atomic mass is 10.4. The van der Waals surface area contributed by atoms with Gasteiger partial charge < -0.3 is 15.2 Å². The van der Waals surface area contributed by atoms with Gasteiger partial charge in [-0.3, -0.25) is 0 Å². The van der Waals surface area contributed by atoms with E-state index in [1.165, 1.54) is 6.20 Å². The van der Waals surface area contributed by atoms with Gasteiger partial charge in [-0.05, 0) is 0 Å². The first-order chi connectivity index (χ1) is 7.83. The molecule has 0 unspecified atom stereocenters. The number of anilines is 1. The van der Waals surface area contributed by atoms with Gasteiger partial charge in [0.2, 0.25) is 0 Å². The minimum atomic E-state index is -4.41. The average Bonchev–Trinajstić information content (AvgIpc) is 2.57. The Bertz CT molecular complexity index is 402. The fourth-order valence-corrected chi connectivity index (χ4v) is 1.01. The lowest BCUT2D eigenvalue weighted by Gasteiger charge is -2.06. The second-order valence-electron chi connectivity index (χ2n) is 3.06. The zero-order valence-corrected chi connectivity index (χ0v) is 8.82. The highest BCUT2D eigenvalue weighted by atomic mass is 19.4. The van der Waals surface area contributed by atoms with Crippen LogP contribution >= 0.6 is 0 Å². The molecule has 96 valence electrons. The quantitative estimate of drug-likeness (QED) is 0.802. The van der Waals surface area contributed by atoms with Crippen LogP contribution in [0.4, 0.5) is 18.9 Å². The van der Waals surface area contributed by atoms with Crippen LogP contribution in [0.1, 0.15) is 10.5 Å². The molecule has 17 heavy (non-hydrogen) atoms. The van der Waals surface area contributed by atoms with E-state index in [9.17, 15) is 18.0 Å². The Labute approximate surface area is 94.1 Å². The number of hydrogen-bond acceptors (Lipinski definition) is 5. The van der Waals surface area contributed by atoms with Crippen molar-refractivity contribution < 1.29 is 27.4 Å². The monoisotopic (exact) mass is 253 g/mol. The minimum absolute atomic E-state index is 0.00691. The highest BCUT2D eigenvalue weighted by Crippen LogP contribution is 2.15. The fourth-order valence-electron chi connectivity index (χ4n) is 1.01. The molecule has 0 aliphatic rings. The zero-order valence-electron chi connectivity index (χ0n) is 8.82. The lowest BCUT2D eigenvalue weighted by Crippen LogP contribution is -2.18. The summed E-state index contributed by atoms with van der Waals surface area (Å²) in [5.41, 5.74) is 5.26. The topological polar surface area (TPSA) is 79.4 Å². The Hall–Kier alpha value is -1.77. The van der Waals surface area contributed by atoms with E-state index < -0.39 is 25.5 Å². The second kappa shape index (κ2) is 5.04. The SMILES string of the molecule is COC(=O)c1nn(COCC(F)(F)F)cc1N. The molecule has 0 atom stereocenters. The number of halogens is 3. The van der Waals surface area contributed by atoms with Gasteiger partial charge in [-0.2, -0.15) is 18.3 Å². The van der Waals surface area contributed by atoms with Crippen LogP contribution in [0, 0.1) is 0 Å². The number of aromatic nitrogens is 2. The number of nitrogens with zero attached hydrogens (tertiary/aromatic N) is 2. The summed E-state index contributed by atoms with van der Waals surface area (Å²) >= 11 is 0. The predicted molar refractivity (Wildman–Crippen MR) is 50.0 cm³/mol. The summed E-state index contributed by atoms with van der Waals surface area (Å²) in [5.74, 6) is -0.767. The number of carbonyl (C=O) groups is 1. The van der Waals surface area contributed by atoms with E-state index >= 15 is 0 Å². The summed E-state index contributed by atoms with van der Waals surface area (Å²) < 4.78 is 45.0. The van der Waals surface area contributed by atoms with Gasteiger partial charge in [-0.15, -0.1) is 0 Å². The van der Waals surface area contributed by atoms with E-state index in [-0.39, 0.29) is 11.4 Å². The molecule has 0 saturated carbocycles. The number of alkyl halides is 3. The van der Waals surface area contributed by atoms with Crippen LogP contribution in [-0.4, -0.2) is 35.6 Å². The molecule has 1 rings (SSSR count). The predicted octanol–water partition coefficient (Wildman–Crippen LogP) is 0.788. The van der Waals surface area contributed by atoms with Crippen molar-refractivity contribution in [1.29, 1.82) is 0 Å². The number of methoxy groups -OCH3 is 1. The van der Waals surface area contributed by atoms with Crippen molar-refractivity contribution in [2.24, 2.45) is 0 Å².